The van der Waals surface area contributed by atoms with E-state index in [1.807, 2.05) is 49.5 Å². The first-order chi connectivity index (χ1) is 10.2. The normalized spacial score (nSPS) is 20.8. The molecule has 0 unspecified atom stereocenters. The molecule has 5 nitrogen and oxygen atoms in total. The van der Waals surface area contributed by atoms with Gasteiger partial charge in [0.1, 0.15) is 29.6 Å². The van der Waals surface area contributed by atoms with Crippen LogP contribution in [0.1, 0.15) is 5.56 Å². The topological polar surface area (TPSA) is 53.4 Å². The molecule has 1 heterocycles. The van der Waals surface area contributed by atoms with E-state index in [1.54, 1.807) is 29.2 Å². The molecule has 2 rings (SSSR count). The van der Waals surface area contributed by atoms with E-state index < -0.39 is 0 Å². The molecule has 0 aromatic carbocycles. The zero-order chi connectivity index (χ0) is 15.1. The molecule has 0 aliphatic heterocycles. The molecule has 0 bridgehead atoms. The van der Waals surface area contributed by atoms with Crippen molar-refractivity contribution in [3.8, 4) is 5.88 Å². The van der Waals surface area contributed by atoms with Crippen LogP contribution < -0.4 is 10.4 Å². The maximum Gasteiger partial charge on any atom is 0.355 e. The molecule has 0 spiro atoms. The third-order valence-corrected chi connectivity index (χ3v) is 3.16. The molecule has 0 N–H and O–H groups in total. The summed E-state index contributed by atoms with van der Waals surface area (Å²) in [7, 11) is 0. The lowest BCUT2D eigenvalue weighted by atomic mass is 10.2. The van der Waals surface area contributed by atoms with Crippen molar-refractivity contribution < 1.29 is 7.80 Å². The number of ether oxygens (including phenoxy) is 1. The Kier molecular flexibility index (Phi) is 5.94. The average molecular weight is 398 g/mol. The molecule has 1 aromatic heterocycles. The molecule has 0 atom stereocenters. The zero-order valence-corrected chi connectivity index (χ0v) is 13.7. The highest BCUT2D eigenvalue weighted by molar-refractivity contribution is 14.1. The lowest BCUT2D eigenvalue weighted by Gasteiger charge is -2.11. The lowest BCUT2D eigenvalue weighted by Crippen LogP contribution is -2.23. The van der Waals surface area contributed by atoms with Crippen LogP contribution in [0.25, 0.3) is 5.70 Å². The van der Waals surface area contributed by atoms with Gasteiger partial charge in [-0.25, -0.2) is 4.79 Å². The summed E-state index contributed by atoms with van der Waals surface area (Å²) in [5, 5.41) is 0. The van der Waals surface area contributed by atoms with E-state index >= 15 is 0 Å². The molecule has 0 saturated carbocycles. The van der Waals surface area contributed by atoms with Gasteiger partial charge in [0.05, 0.1) is 12.3 Å². The maximum absolute atomic E-state index is 12.1. The van der Waals surface area contributed by atoms with Crippen LogP contribution in [0.5, 0.6) is 5.88 Å². The molecule has 6 heteroatoms. The number of nitrogens with zero attached hydrogens (tertiary/aromatic N) is 2. The smallest absolute Gasteiger partial charge is 0.355 e. The molecule has 0 radical (unpaired) electrons. The fourth-order valence-corrected chi connectivity index (χ4v) is 1.93. The van der Waals surface area contributed by atoms with E-state index in [2.05, 4.69) is 4.98 Å². The third-order valence-electron chi connectivity index (χ3n) is 2.72. The SMILES string of the molecule is Cc1cn(C2=C/C=C\C=C/C=C\2)c(=O)nc1OCCOI. The molecule has 110 valence electrons. The fourth-order valence-electron chi connectivity index (χ4n) is 1.75. The highest BCUT2D eigenvalue weighted by atomic mass is 127. The van der Waals surface area contributed by atoms with Crippen LogP contribution in [0.15, 0.2) is 53.5 Å². The first kappa shape index (κ1) is 15.7. The molecule has 0 saturated heterocycles. The molecule has 1 aliphatic rings. The zero-order valence-electron chi connectivity index (χ0n) is 11.5. The number of hydrogen-bond acceptors (Lipinski definition) is 4. The maximum atomic E-state index is 12.1. The second-order valence-corrected chi connectivity index (χ2v) is 4.89. The Hall–Kier alpha value is -1.67. The van der Waals surface area contributed by atoms with Crippen molar-refractivity contribution in [2.45, 2.75) is 6.92 Å². The first-order valence-corrected chi connectivity index (χ1v) is 7.29. The van der Waals surface area contributed by atoms with E-state index in [9.17, 15) is 4.79 Å². The Morgan fingerprint density at radius 3 is 2.76 bits per heavy atom. The van der Waals surface area contributed by atoms with E-state index in [-0.39, 0.29) is 5.69 Å². The fraction of sp³-hybridized carbons (Fsp3) is 0.200. The van der Waals surface area contributed by atoms with Gasteiger partial charge in [0.15, 0.2) is 0 Å². The Balaban J connectivity index is 2.30. The van der Waals surface area contributed by atoms with Gasteiger partial charge in [-0.15, -0.1) is 0 Å². The summed E-state index contributed by atoms with van der Waals surface area (Å²) in [6.07, 6.45) is 14.9. The predicted octanol–water partition coefficient (Wildman–Crippen LogP) is 2.82. The van der Waals surface area contributed by atoms with Crippen molar-refractivity contribution in [3.05, 3.63) is 64.8 Å². The van der Waals surface area contributed by atoms with Gasteiger partial charge in [-0.1, -0.05) is 30.4 Å². The highest BCUT2D eigenvalue weighted by Crippen LogP contribution is 2.14. The minimum absolute atomic E-state index is 0.343. The van der Waals surface area contributed by atoms with Crippen molar-refractivity contribution in [1.29, 1.82) is 0 Å². The number of hydrogen-bond donors (Lipinski definition) is 0. The molecule has 0 fully saturated rings. The molecule has 21 heavy (non-hydrogen) atoms. The minimum Gasteiger partial charge on any atom is -0.475 e. The van der Waals surface area contributed by atoms with Gasteiger partial charge in [0.2, 0.25) is 5.88 Å². The number of aryl methyl sites for hydroxylation is 1. The standard InChI is InChI=1S/C15H15IN2O3/c1-12-11-18(13-7-5-3-2-4-6-8-13)15(19)17-14(12)20-9-10-21-16/h2-8,11H,9-10H2,1H3/b3-2-,4-2?,5-3?,6-4-,7-5-,8-6?,13-7?,13-8+. The minimum atomic E-state index is -0.375. The summed E-state index contributed by atoms with van der Waals surface area (Å²) in [5.74, 6) is 0.343. The van der Waals surface area contributed by atoms with E-state index in [4.69, 9.17) is 7.80 Å². The van der Waals surface area contributed by atoms with Crippen molar-refractivity contribution >= 4 is 28.7 Å². The van der Waals surface area contributed by atoms with Gasteiger partial charge < -0.3 is 7.80 Å². The van der Waals surface area contributed by atoms with Crippen molar-refractivity contribution in [3.63, 3.8) is 0 Å². The van der Waals surface area contributed by atoms with E-state index in [1.165, 1.54) is 4.57 Å². The molecule has 1 aliphatic carbocycles. The number of halogens is 1. The average Bonchev–Trinajstić information content (AvgIpc) is 2.43. The van der Waals surface area contributed by atoms with Crippen LogP contribution in [-0.2, 0) is 3.07 Å². The van der Waals surface area contributed by atoms with Crippen LogP contribution in [0.2, 0.25) is 0 Å². The summed E-state index contributed by atoms with van der Waals surface area (Å²) in [6.45, 7) is 2.65. The Labute approximate surface area is 137 Å². The van der Waals surface area contributed by atoms with Crippen LogP contribution >= 0.6 is 23.0 Å². The Morgan fingerprint density at radius 1 is 1.19 bits per heavy atom. The van der Waals surface area contributed by atoms with Gasteiger partial charge in [-0.05, 0) is 19.1 Å². The quantitative estimate of drug-likeness (QED) is 0.566. The number of allylic oxidation sites excluding steroid dienone is 8. The molecular formula is C15H15IN2O3. The lowest BCUT2D eigenvalue weighted by molar-refractivity contribution is 0.246. The number of aromatic nitrogens is 2. The van der Waals surface area contributed by atoms with E-state index in [0.29, 0.717) is 19.1 Å². The van der Waals surface area contributed by atoms with Crippen LogP contribution in [-0.4, -0.2) is 22.8 Å². The monoisotopic (exact) mass is 398 g/mol. The molecule has 1 aromatic rings. The van der Waals surface area contributed by atoms with Gasteiger partial charge in [-0.2, -0.15) is 4.98 Å². The van der Waals surface area contributed by atoms with Crippen molar-refractivity contribution in [2.24, 2.45) is 0 Å². The summed E-state index contributed by atoms with van der Waals surface area (Å²) in [6, 6.07) is 0. The van der Waals surface area contributed by atoms with E-state index in [0.717, 1.165) is 11.3 Å². The number of rotatable bonds is 5. The van der Waals surface area contributed by atoms with Gasteiger partial charge >= 0.3 is 5.69 Å². The second-order valence-electron chi connectivity index (χ2n) is 4.26. The first-order valence-electron chi connectivity index (χ1n) is 6.41. The summed E-state index contributed by atoms with van der Waals surface area (Å²) < 4.78 is 11.8. The Bertz CT molecular complexity index is 672. The second kappa shape index (κ2) is 7.94. The molecular weight excluding hydrogens is 383 g/mol. The third kappa shape index (κ3) is 4.40. The van der Waals surface area contributed by atoms with Crippen molar-refractivity contribution in [1.82, 2.24) is 9.55 Å². The van der Waals surface area contributed by atoms with Crippen LogP contribution in [0.3, 0.4) is 0 Å². The summed E-state index contributed by atoms with van der Waals surface area (Å²) in [5.41, 5.74) is 1.16. The van der Waals surface area contributed by atoms with Gasteiger partial charge in [0.25, 0.3) is 0 Å². The highest BCUT2D eigenvalue weighted by Gasteiger charge is 2.08. The predicted molar refractivity (Wildman–Crippen MR) is 90.4 cm³/mol. The summed E-state index contributed by atoms with van der Waals surface area (Å²) >= 11 is 1.79. The summed E-state index contributed by atoms with van der Waals surface area (Å²) in [4.78, 5) is 16.1. The van der Waals surface area contributed by atoms with Crippen LogP contribution in [0.4, 0.5) is 0 Å². The largest absolute Gasteiger partial charge is 0.475 e. The van der Waals surface area contributed by atoms with Gasteiger partial charge in [-0.3, -0.25) is 4.57 Å². The van der Waals surface area contributed by atoms with Crippen LogP contribution in [0, 0.1) is 6.92 Å². The van der Waals surface area contributed by atoms with Crippen molar-refractivity contribution in [2.75, 3.05) is 13.2 Å². The molecule has 0 amide bonds. The van der Waals surface area contributed by atoms with Gasteiger partial charge in [0, 0.05) is 11.8 Å². The Morgan fingerprint density at radius 2 is 1.95 bits per heavy atom.